The Labute approximate surface area is 111 Å². The summed E-state index contributed by atoms with van der Waals surface area (Å²) in [5.74, 6) is 7.55. The van der Waals surface area contributed by atoms with Gasteiger partial charge in [0, 0.05) is 13.1 Å². The van der Waals surface area contributed by atoms with E-state index in [1.165, 1.54) is 19.3 Å². The standard InChI is InChI=1S/C12H19N7/c1-8-3-2-5-19(6-4-8)11-9-7-14-18-10(9)15-12(16-11)17-13/h7-8H,2-6,13H2,1H3,(H2,14,15,16,17,18). The Kier molecular flexibility index (Phi) is 3.20. The van der Waals surface area contributed by atoms with E-state index in [9.17, 15) is 0 Å². The Morgan fingerprint density at radius 3 is 3.11 bits per heavy atom. The number of aromatic amines is 1. The van der Waals surface area contributed by atoms with Crippen molar-refractivity contribution in [1.29, 1.82) is 0 Å². The first-order valence-electron chi connectivity index (χ1n) is 6.70. The number of aromatic nitrogens is 4. The van der Waals surface area contributed by atoms with Crippen molar-refractivity contribution in [2.45, 2.75) is 26.2 Å². The van der Waals surface area contributed by atoms with Crippen LogP contribution in [-0.4, -0.2) is 33.3 Å². The summed E-state index contributed by atoms with van der Waals surface area (Å²) >= 11 is 0. The summed E-state index contributed by atoms with van der Waals surface area (Å²) in [6.45, 7) is 4.35. The molecule has 102 valence electrons. The summed E-state index contributed by atoms with van der Waals surface area (Å²) in [5, 5.41) is 7.88. The Morgan fingerprint density at radius 2 is 2.26 bits per heavy atom. The minimum absolute atomic E-state index is 0.420. The van der Waals surface area contributed by atoms with Gasteiger partial charge in [-0.1, -0.05) is 6.92 Å². The summed E-state index contributed by atoms with van der Waals surface area (Å²) in [6.07, 6.45) is 5.43. The second-order valence-corrected chi connectivity index (χ2v) is 5.17. The molecule has 3 heterocycles. The molecule has 19 heavy (non-hydrogen) atoms. The van der Waals surface area contributed by atoms with Crippen LogP contribution >= 0.6 is 0 Å². The zero-order chi connectivity index (χ0) is 13.2. The largest absolute Gasteiger partial charge is 0.356 e. The van der Waals surface area contributed by atoms with E-state index in [0.29, 0.717) is 5.95 Å². The highest BCUT2D eigenvalue weighted by molar-refractivity contribution is 5.87. The molecule has 1 fully saturated rings. The van der Waals surface area contributed by atoms with Crippen molar-refractivity contribution < 1.29 is 0 Å². The molecule has 2 aromatic rings. The minimum atomic E-state index is 0.420. The molecule has 0 spiro atoms. The lowest BCUT2D eigenvalue weighted by molar-refractivity contribution is 0.521. The predicted molar refractivity (Wildman–Crippen MR) is 74.7 cm³/mol. The third-order valence-corrected chi connectivity index (χ3v) is 3.74. The lowest BCUT2D eigenvalue weighted by Gasteiger charge is -2.22. The molecule has 1 aliphatic heterocycles. The molecule has 1 aliphatic rings. The molecule has 1 atom stereocenters. The van der Waals surface area contributed by atoms with Crippen molar-refractivity contribution in [3.63, 3.8) is 0 Å². The van der Waals surface area contributed by atoms with Gasteiger partial charge in [0.05, 0.1) is 11.6 Å². The topological polar surface area (TPSA) is 95.8 Å². The fraction of sp³-hybridized carbons (Fsp3) is 0.583. The summed E-state index contributed by atoms with van der Waals surface area (Å²) in [5.41, 5.74) is 3.23. The first-order valence-corrected chi connectivity index (χ1v) is 6.70. The Morgan fingerprint density at radius 1 is 1.37 bits per heavy atom. The SMILES string of the molecule is CC1CCCN(c2nc(NN)nc3[nH]ncc23)CC1. The highest BCUT2D eigenvalue weighted by Crippen LogP contribution is 2.27. The summed E-state index contributed by atoms with van der Waals surface area (Å²) in [4.78, 5) is 11.1. The average molecular weight is 261 g/mol. The number of nitrogens with two attached hydrogens (primary N) is 1. The van der Waals surface area contributed by atoms with E-state index in [0.717, 1.165) is 35.9 Å². The average Bonchev–Trinajstić information content (AvgIpc) is 2.79. The van der Waals surface area contributed by atoms with Gasteiger partial charge in [0.1, 0.15) is 5.82 Å². The Hall–Kier alpha value is -1.89. The smallest absolute Gasteiger partial charge is 0.241 e. The van der Waals surface area contributed by atoms with Gasteiger partial charge in [-0.15, -0.1) is 0 Å². The van der Waals surface area contributed by atoms with Gasteiger partial charge >= 0.3 is 0 Å². The zero-order valence-electron chi connectivity index (χ0n) is 11.1. The highest BCUT2D eigenvalue weighted by Gasteiger charge is 2.19. The number of rotatable bonds is 2. The molecule has 4 N–H and O–H groups in total. The van der Waals surface area contributed by atoms with Crippen LogP contribution in [-0.2, 0) is 0 Å². The van der Waals surface area contributed by atoms with Gasteiger partial charge in [0.25, 0.3) is 0 Å². The van der Waals surface area contributed by atoms with Gasteiger partial charge in [-0.25, -0.2) is 5.84 Å². The minimum Gasteiger partial charge on any atom is -0.356 e. The first kappa shape index (κ1) is 12.2. The monoisotopic (exact) mass is 261 g/mol. The van der Waals surface area contributed by atoms with Crippen LogP contribution in [0, 0.1) is 5.92 Å². The van der Waals surface area contributed by atoms with Crippen molar-refractivity contribution in [3.05, 3.63) is 6.20 Å². The van der Waals surface area contributed by atoms with Crippen LogP contribution in [0.4, 0.5) is 11.8 Å². The van der Waals surface area contributed by atoms with Gasteiger partial charge in [0.2, 0.25) is 5.95 Å². The molecule has 2 aromatic heterocycles. The number of nitrogens with one attached hydrogen (secondary N) is 2. The fourth-order valence-electron chi connectivity index (χ4n) is 2.60. The van der Waals surface area contributed by atoms with Gasteiger partial charge in [-0.3, -0.25) is 10.5 Å². The highest BCUT2D eigenvalue weighted by atomic mass is 15.3. The van der Waals surface area contributed by atoms with E-state index in [-0.39, 0.29) is 0 Å². The molecule has 0 aliphatic carbocycles. The maximum atomic E-state index is 5.43. The first-order chi connectivity index (χ1) is 9.28. The van der Waals surface area contributed by atoms with Gasteiger partial charge < -0.3 is 4.90 Å². The van der Waals surface area contributed by atoms with Crippen LogP contribution in [0.3, 0.4) is 0 Å². The number of anilines is 2. The number of hydrazine groups is 1. The third-order valence-electron chi connectivity index (χ3n) is 3.74. The predicted octanol–water partition coefficient (Wildman–Crippen LogP) is 1.26. The second-order valence-electron chi connectivity index (χ2n) is 5.17. The van der Waals surface area contributed by atoms with E-state index >= 15 is 0 Å². The van der Waals surface area contributed by atoms with E-state index < -0.39 is 0 Å². The lowest BCUT2D eigenvalue weighted by atomic mass is 10.0. The number of hydrogen-bond donors (Lipinski definition) is 3. The van der Waals surface area contributed by atoms with Crippen molar-refractivity contribution in [3.8, 4) is 0 Å². The van der Waals surface area contributed by atoms with Crippen molar-refractivity contribution in [2.24, 2.45) is 11.8 Å². The molecule has 1 saturated heterocycles. The maximum Gasteiger partial charge on any atom is 0.241 e. The molecule has 0 amide bonds. The van der Waals surface area contributed by atoms with Crippen LogP contribution in [0.5, 0.6) is 0 Å². The molecule has 7 heteroatoms. The molecular weight excluding hydrogens is 242 g/mol. The second kappa shape index (κ2) is 5.00. The van der Waals surface area contributed by atoms with E-state index in [1.54, 1.807) is 6.20 Å². The molecular formula is C12H19N7. The molecule has 7 nitrogen and oxygen atoms in total. The van der Waals surface area contributed by atoms with E-state index in [1.807, 2.05) is 0 Å². The third kappa shape index (κ3) is 2.33. The van der Waals surface area contributed by atoms with Gasteiger partial charge in [0.15, 0.2) is 5.65 Å². The summed E-state index contributed by atoms with van der Waals surface area (Å²) in [6, 6.07) is 0. The number of hydrogen-bond acceptors (Lipinski definition) is 6. The van der Waals surface area contributed by atoms with Crippen LogP contribution in [0.2, 0.25) is 0 Å². The lowest BCUT2D eigenvalue weighted by Crippen LogP contribution is -2.26. The molecule has 3 rings (SSSR count). The van der Waals surface area contributed by atoms with Gasteiger partial charge in [-0.05, 0) is 25.2 Å². The van der Waals surface area contributed by atoms with E-state index in [4.69, 9.17) is 5.84 Å². The quantitative estimate of drug-likeness (QED) is 0.556. The normalized spacial score (nSPS) is 20.5. The zero-order valence-corrected chi connectivity index (χ0v) is 11.1. The Bertz CT molecular complexity index is 564. The van der Waals surface area contributed by atoms with Crippen LogP contribution in [0.1, 0.15) is 26.2 Å². The Balaban J connectivity index is 2.00. The number of fused-ring (bicyclic) bond motifs is 1. The van der Waals surface area contributed by atoms with Crippen molar-refractivity contribution in [1.82, 2.24) is 20.2 Å². The van der Waals surface area contributed by atoms with E-state index in [2.05, 4.69) is 37.4 Å². The maximum absolute atomic E-state index is 5.43. The number of nitrogen functional groups attached to an aromatic ring is 1. The van der Waals surface area contributed by atoms with Crippen LogP contribution in [0.15, 0.2) is 6.20 Å². The molecule has 0 saturated carbocycles. The molecule has 0 bridgehead atoms. The molecule has 1 unspecified atom stereocenters. The van der Waals surface area contributed by atoms with Gasteiger partial charge in [-0.2, -0.15) is 15.1 Å². The summed E-state index contributed by atoms with van der Waals surface area (Å²) < 4.78 is 0. The molecule has 0 radical (unpaired) electrons. The fourth-order valence-corrected chi connectivity index (χ4v) is 2.60. The summed E-state index contributed by atoms with van der Waals surface area (Å²) in [7, 11) is 0. The number of H-pyrrole nitrogens is 1. The van der Waals surface area contributed by atoms with Crippen molar-refractivity contribution >= 4 is 22.8 Å². The number of nitrogens with zero attached hydrogens (tertiary/aromatic N) is 4. The van der Waals surface area contributed by atoms with Crippen molar-refractivity contribution in [2.75, 3.05) is 23.4 Å². The van der Waals surface area contributed by atoms with Crippen LogP contribution in [0.25, 0.3) is 11.0 Å². The molecule has 0 aromatic carbocycles. The van der Waals surface area contributed by atoms with Crippen LogP contribution < -0.4 is 16.2 Å².